The van der Waals surface area contributed by atoms with Crippen LogP contribution in [0.2, 0.25) is 0 Å². The molecule has 1 rings (SSSR count). The molecule has 0 aromatic rings. The molecule has 0 aromatic carbocycles. The quantitative estimate of drug-likeness (QED) is 0.674. The third-order valence-corrected chi connectivity index (χ3v) is 3.66. The molecule has 0 amide bonds. The summed E-state index contributed by atoms with van der Waals surface area (Å²) < 4.78 is 0. The maximum Gasteiger partial charge on any atom is 0.303 e. The average molecular weight is 188 g/mol. The summed E-state index contributed by atoms with van der Waals surface area (Å²) in [5, 5.41) is 9.23. The number of carboxylic acids is 1. The highest BCUT2D eigenvalue weighted by atomic mass is 32.2. The largest absolute Gasteiger partial charge is 0.481 e. The Hall–Kier alpha value is -0.180. The van der Waals surface area contributed by atoms with Crippen molar-refractivity contribution in [2.75, 3.05) is 5.75 Å². The van der Waals surface area contributed by atoms with Gasteiger partial charge in [-0.1, -0.05) is 12.8 Å². The van der Waals surface area contributed by atoms with E-state index >= 15 is 0 Å². The number of rotatable bonds is 5. The normalized spacial score (nSPS) is 18.3. The minimum atomic E-state index is -0.665. The van der Waals surface area contributed by atoms with Crippen molar-refractivity contribution >= 4 is 17.7 Å². The van der Waals surface area contributed by atoms with Crippen molar-refractivity contribution < 1.29 is 9.90 Å². The predicted molar refractivity (Wildman–Crippen MR) is 51.6 cm³/mol. The Kier molecular flexibility index (Phi) is 4.51. The Balaban J connectivity index is 1.91. The van der Waals surface area contributed by atoms with Gasteiger partial charge >= 0.3 is 5.97 Å². The van der Waals surface area contributed by atoms with Gasteiger partial charge in [-0.3, -0.25) is 4.79 Å². The molecule has 1 N–H and O–H groups in total. The topological polar surface area (TPSA) is 37.3 Å². The van der Waals surface area contributed by atoms with E-state index in [9.17, 15) is 4.79 Å². The number of carboxylic acid groups (broad SMARTS) is 1. The molecule has 70 valence electrons. The molecular formula is C9H16O2S. The zero-order valence-corrected chi connectivity index (χ0v) is 8.11. The molecule has 0 spiro atoms. The maximum atomic E-state index is 10.2. The molecule has 0 heterocycles. The van der Waals surface area contributed by atoms with E-state index in [1.807, 2.05) is 11.8 Å². The summed E-state index contributed by atoms with van der Waals surface area (Å²) in [5.41, 5.74) is 0. The molecule has 12 heavy (non-hydrogen) atoms. The zero-order valence-electron chi connectivity index (χ0n) is 7.29. The first-order valence-electron chi connectivity index (χ1n) is 4.62. The van der Waals surface area contributed by atoms with Crippen LogP contribution in [0.4, 0.5) is 0 Å². The first-order chi connectivity index (χ1) is 5.79. The average Bonchev–Trinajstić information content (AvgIpc) is 2.49. The van der Waals surface area contributed by atoms with E-state index in [4.69, 9.17) is 5.11 Å². The van der Waals surface area contributed by atoms with Crippen LogP contribution in [0.15, 0.2) is 0 Å². The van der Waals surface area contributed by atoms with Gasteiger partial charge in [-0.05, 0) is 25.0 Å². The van der Waals surface area contributed by atoms with Crippen molar-refractivity contribution in [1.29, 1.82) is 0 Å². The SMILES string of the molecule is O=C(O)CCCSC1CCCC1. The highest BCUT2D eigenvalue weighted by molar-refractivity contribution is 7.99. The maximum absolute atomic E-state index is 10.2. The molecule has 1 aliphatic rings. The predicted octanol–water partition coefficient (Wildman–Crippen LogP) is 2.53. The Labute approximate surface area is 77.7 Å². The lowest BCUT2D eigenvalue weighted by Gasteiger charge is -2.06. The van der Waals surface area contributed by atoms with Gasteiger partial charge in [0.15, 0.2) is 0 Å². The van der Waals surface area contributed by atoms with Gasteiger partial charge in [0.25, 0.3) is 0 Å². The fraction of sp³-hybridized carbons (Fsp3) is 0.889. The van der Waals surface area contributed by atoms with Crippen molar-refractivity contribution in [1.82, 2.24) is 0 Å². The molecule has 1 saturated carbocycles. The summed E-state index contributed by atoms with van der Waals surface area (Å²) >= 11 is 1.96. The molecule has 0 bridgehead atoms. The summed E-state index contributed by atoms with van der Waals surface area (Å²) in [7, 11) is 0. The number of thioether (sulfide) groups is 1. The lowest BCUT2D eigenvalue weighted by molar-refractivity contribution is -0.137. The van der Waals surface area contributed by atoms with E-state index in [1.54, 1.807) is 0 Å². The first kappa shape index (κ1) is 9.90. The van der Waals surface area contributed by atoms with Crippen molar-refractivity contribution in [2.45, 2.75) is 43.8 Å². The highest BCUT2D eigenvalue weighted by Gasteiger charge is 2.14. The lowest BCUT2D eigenvalue weighted by atomic mass is 10.3. The van der Waals surface area contributed by atoms with Crippen LogP contribution >= 0.6 is 11.8 Å². The standard InChI is InChI=1S/C9H16O2S/c10-9(11)6-3-7-12-8-4-1-2-5-8/h8H,1-7H2,(H,10,11). The summed E-state index contributed by atoms with van der Waals surface area (Å²) in [4.78, 5) is 10.2. The molecule has 0 aromatic heterocycles. The number of hydrogen-bond acceptors (Lipinski definition) is 2. The van der Waals surface area contributed by atoms with E-state index in [2.05, 4.69) is 0 Å². The van der Waals surface area contributed by atoms with Crippen molar-refractivity contribution in [3.8, 4) is 0 Å². The summed E-state index contributed by atoms with van der Waals surface area (Å²) in [5.74, 6) is 0.360. The molecule has 0 saturated heterocycles. The second-order valence-electron chi connectivity index (χ2n) is 3.27. The van der Waals surface area contributed by atoms with Gasteiger partial charge in [-0.2, -0.15) is 11.8 Å². The zero-order chi connectivity index (χ0) is 8.81. The molecule has 0 radical (unpaired) electrons. The van der Waals surface area contributed by atoms with E-state index < -0.39 is 5.97 Å². The monoisotopic (exact) mass is 188 g/mol. The van der Waals surface area contributed by atoms with Gasteiger partial charge in [0.2, 0.25) is 0 Å². The van der Waals surface area contributed by atoms with Crippen LogP contribution in [-0.4, -0.2) is 22.1 Å². The lowest BCUT2D eigenvalue weighted by Crippen LogP contribution is -1.99. The number of hydrogen-bond donors (Lipinski definition) is 1. The minimum absolute atomic E-state index is 0.333. The molecule has 2 nitrogen and oxygen atoms in total. The van der Waals surface area contributed by atoms with Crippen LogP contribution in [0, 0.1) is 0 Å². The van der Waals surface area contributed by atoms with Gasteiger partial charge in [0, 0.05) is 11.7 Å². The van der Waals surface area contributed by atoms with Crippen LogP contribution in [0.1, 0.15) is 38.5 Å². The number of aliphatic carboxylic acids is 1. The summed E-state index contributed by atoms with van der Waals surface area (Å²) in [6.45, 7) is 0. The molecule has 1 fully saturated rings. The van der Waals surface area contributed by atoms with Crippen LogP contribution < -0.4 is 0 Å². The first-order valence-corrected chi connectivity index (χ1v) is 5.67. The van der Waals surface area contributed by atoms with Crippen LogP contribution in [-0.2, 0) is 4.79 Å². The Morgan fingerprint density at radius 1 is 1.42 bits per heavy atom. The van der Waals surface area contributed by atoms with Gasteiger partial charge in [-0.25, -0.2) is 0 Å². The van der Waals surface area contributed by atoms with Crippen molar-refractivity contribution in [3.63, 3.8) is 0 Å². The smallest absolute Gasteiger partial charge is 0.303 e. The summed E-state index contributed by atoms with van der Waals surface area (Å²) in [6.07, 6.45) is 6.60. The Bertz CT molecular complexity index is 141. The second-order valence-corrected chi connectivity index (χ2v) is 4.68. The second kappa shape index (κ2) is 5.46. The van der Waals surface area contributed by atoms with Crippen LogP contribution in [0.25, 0.3) is 0 Å². The van der Waals surface area contributed by atoms with E-state index in [0.29, 0.717) is 6.42 Å². The highest BCUT2D eigenvalue weighted by Crippen LogP contribution is 2.29. The third-order valence-electron chi connectivity index (χ3n) is 2.19. The minimum Gasteiger partial charge on any atom is -0.481 e. The molecule has 3 heteroatoms. The van der Waals surface area contributed by atoms with Gasteiger partial charge in [0.1, 0.15) is 0 Å². The third kappa shape index (κ3) is 4.00. The molecule has 0 aliphatic heterocycles. The molecule has 0 unspecified atom stereocenters. The van der Waals surface area contributed by atoms with E-state index in [0.717, 1.165) is 17.4 Å². The molecular weight excluding hydrogens is 172 g/mol. The van der Waals surface area contributed by atoms with Crippen molar-refractivity contribution in [3.05, 3.63) is 0 Å². The van der Waals surface area contributed by atoms with Gasteiger partial charge in [-0.15, -0.1) is 0 Å². The Morgan fingerprint density at radius 3 is 2.67 bits per heavy atom. The van der Waals surface area contributed by atoms with Crippen LogP contribution in [0.3, 0.4) is 0 Å². The van der Waals surface area contributed by atoms with E-state index in [1.165, 1.54) is 25.7 Å². The van der Waals surface area contributed by atoms with E-state index in [-0.39, 0.29) is 0 Å². The molecule has 0 atom stereocenters. The van der Waals surface area contributed by atoms with Crippen molar-refractivity contribution in [2.24, 2.45) is 0 Å². The van der Waals surface area contributed by atoms with Gasteiger partial charge in [0.05, 0.1) is 0 Å². The fourth-order valence-corrected chi connectivity index (χ4v) is 2.84. The molecule has 1 aliphatic carbocycles. The number of carbonyl (C=O) groups is 1. The Morgan fingerprint density at radius 2 is 2.08 bits per heavy atom. The van der Waals surface area contributed by atoms with Gasteiger partial charge < -0.3 is 5.11 Å². The summed E-state index contributed by atoms with van der Waals surface area (Å²) in [6, 6.07) is 0. The van der Waals surface area contributed by atoms with Crippen LogP contribution in [0.5, 0.6) is 0 Å². The fourth-order valence-electron chi connectivity index (χ4n) is 1.53.